The first-order chi connectivity index (χ1) is 7.89. The Bertz CT molecular complexity index is 446. The summed E-state index contributed by atoms with van der Waals surface area (Å²) in [6.07, 6.45) is 0.812. The van der Waals surface area contributed by atoms with Crippen LogP contribution >= 0.6 is 15.9 Å². The maximum absolute atomic E-state index is 12.0. The molecular formula is C13H15BrO3. The molecule has 0 radical (unpaired) electrons. The highest BCUT2D eigenvalue weighted by atomic mass is 79.9. The van der Waals surface area contributed by atoms with Crippen LogP contribution in [0, 0.1) is 0 Å². The first-order valence-corrected chi connectivity index (χ1v) is 6.26. The van der Waals surface area contributed by atoms with Gasteiger partial charge in [-0.15, -0.1) is 0 Å². The number of esters is 1. The quantitative estimate of drug-likeness (QED) is 0.853. The van der Waals surface area contributed by atoms with E-state index in [1.807, 2.05) is 24.3 Å². The van der Waals surface area contributed by atoms with Gasteiger partial charge < -0.3 is 9.84 Å². The van der Waals surface area contributed by atoms with Crippen LogP contribution in [0.1, 0.15) is 25.3 Å². The van der Waals surface area contributed by atoms with Crippen molar-refractivity contribution in [2.75, 3.05) is 7.11 Å². The van der Waals surface area contributed by atoms with Crippen molar-refractivity contribution < 1.29 is 14.6 Å². The lowest BCUT2D eigenvalue weighted by molar-refractivity contribution is -0.165. The van der Waals surface area contributed by atoms with E-state index in [4.69, 9.17) is 4.74 Å². The monoisotopic (exact) mass is 298 g/mol. The van der Waals surface area contributed by atoms with Crippen LogP contribution in [-0.4, -0.2) is 23.8 Å². The smallest absolute Gasteiger partial charge is 0.316 e. The molecule has 1 N–H and O–H groups in total. The summed E-state index contributed by atoms with van der Waals surface area (Å²) in [5.74, 6) is -0.276. The highest BCUT2D eigenvalue weighted by molar-refractivity contribution is 9.10. The Morgan fingerprint density at radius 1 is 1.47 bits per heavy atom. The second kappa shape index (κ2) is 4.10. The van der Waals surface area contributed by atoms with E-state index in [1.165, 1.54) is 7.11 Å². The van der Waals surface area contributed by atoms with Gasteiger partial charge in [-0.2, -0.15) is 0 Å². The van der Waals surface area contributed by atoms with E-state index in [2.05, 4.69) is 15.9 Å². The van der Waals surface area contributed by atoms with Crippen LogP contribution in [0.3, 0.4) is 0 Å². The van der Waals surface area contributed by atoms with Crippen molar-refractivity contribution in [3.05, 3.63) is 34.3 Å². The van der Waals surface area contributed by atoms with Crippen molar-refractivity contribution in [2.24, 2.45) is 0 Å². The van der Waals surface area contributed by atoms with E-state index >= 15 is 0 Å². The fourth-order valence-corrected chi connectivity index (χ4v) is 3.10. The summed E-state index contributed by atoms with van der Waals surface area (Å²) in [5.41, 5.74) is -0.580. The number of rotatable bonds is 2. The van der Waals surface area contributed by atoms with Gasteiger partial charge >= 0.3 is 5.97 Å². The molecule has 2 rings (SSSR count). The van der Waals surface area contributed by atoms with E-state index in [1.54, 1.807) is 6.92 Å². The number of benzene rings is 1. The Labute approximate surface area is 109 Å². The highest BCUT2D eigenvalue weighted by Crippen LogP contribution is 2.51. The van der Waals surface area contributed by atoms with Gasteiger partial charge in [-0.25, -0.2) is 0 Å². The predicted molar refractivity (Wildman–Crippen MR) is 67.7 cm³/mol. The maximum Gasteiger partial charge on any atom is 0.316 e. The zero-order valence-corrected chi connectivity index (χ0v) is 11.5. The summed E-state index contributed by atoms with van der Waals surface area (Å²) < 4.78 is 5.80. The molecule has 1 aliphatic rings. The molecule has 1 aromatic rings. The Balaban J connectivity index is 2.40. The predicted octanol–water partition coefficient (Wildman–Crippen LogP) is 2.40. The van der Waals surface area contributed by atoms with Gasteiger partial charge in [0.2, 0.25) is 0 Å². The molecule has 1 fully saturated rings. The van der Waals surface area contributed by atoms with E-state index in [0.717, 1.165) is 10.0 Å². The molecule has 0 amide bonds. The number of carbonyl (C=O) groups is 1. The largest absolute Gasteiger partial charge is 0.468 e. The van der Waals surface area contributed by atoms with Crippen molar-refractivity contribution in [3.8, 4) is 0 Å². The Morgan fingerprint density at radius 2 is 2.12 bits per heavy atom. The molecule has 17 heavy (non-hydrogen) atoms. The molecule has 1 aliphatic carbocycles. The SMILES string of the molecule is COC(=O)[C@]1(c2cccc(Br)c2)C[C@@](C)(O)C1. The summed E-state index contributed by atoms with van der Waals surface area (Å²) in [4.78, 5) is 12.0. The first-order valence-electron chi connectivity index (χ1n) is 5.46. The molecule has 92 valence electrons. The van der Waals surface area contributed by atoms with Crippen molar-refractivity contribution in [1.82, 2.24) is 0 Å². The third-order valence-electron chi connectivity index (χ3n) is 3.32. The summed E-state index contributed by atoms with van der Waals surface area (Å²) in [7, 11) is 1.38. The number of aliphatic hydroxyl groups is 1. The molecule has 0 bridgehead atoms. The van der Waals surface area contributed by atoms with Gasteiger partial charge in [-0.3, -0.25) is 4.79 Å². The van der Waals surface area contributed by atoms with E-state index in [-0.39, 0.29) is 5.97 Å². The Hall–Kier alpha value is -0.870. The van der Waals surface area contributed by atoms with Crippen LogP contribution in [0.15, 0.2) is 28.7 Å². The molecule has 0 aromatic heterocycles. The second-order valence-corrected chi connectivity index (χ2v) is 5.85. The summed E-state index contributed by atoms with van der Waals surface area (Å²) in [6, 6.07) is 7.60. The lowest BCUT2D eigenvalue weighted by Crippen LogP contribution is -2.57. The lowest BCUT2D eigenvalue weighted by atomic mass is 9.56. The van der Waals surface area contributed by atoms with Crippen molar-refractivity contribution >= 4 is 21.9 Å². The molecule has 0 saturated heterocycles. The fourth-order valence-electron chi connectivity index (χ4n) is 2.70. The van der Waals surface area contributed by atoms with Crippen molar-refractivity contribution in [3.63, 3.8) is 0 Å². The third-order valence-corrected chi connectivity index (χ3v) is 3.81. The number of ether oxygens (including phenoxy) is 1. The normalized spacial score (nSPS) is 31.8. The number of carbonyl (C=O) groups excluding carboxylic acids is 1. The summed E-state index contributed by atoms with van der Waals surface area (Å²) in [5, 5.41) is 9.90. The lowest BCUT2D eigenvalue weighted by Gasteiger charge is -2.49. The van der Waals surface area contributed by atoms with Crippen LogP contribution in [-0.2, 0) is 14.9 Å². The third kappa shape index (κ3) is 2.11. The average molecular weight is 299 g/mol. The van der Waals surface area contributed by atoms with Gasteiger partial charge in [0.25, 0.3) is 0 Å². The fraction of sp³-hybridized carbons (Fsp3) is 0.462. The first kappa shape index (κ1) is 12.6. The standard InChI is InChI=1S/C13H15BrO3/c1-12(16)7-13(8-12,11(15)17-2)9-4-3-5-10(14)6-9/h3-6,16H,7-8H2,1-2H3/t12-,13-. The molecular weight excluding hydrogens is 284 g/mol. The van der Waals surface area contributed by atoms with Gasteiger partial charge in [0, 0.05) is 4.47 Å². The van der Waals surface area contributed by atoms with E-state index in [9.17, 15) is 9.90 Å². The summed E-state index contributed by atoms with van der Waals surface area (Å²) in [6.45, 7) is 1.74. The number of hydrogen-bond acceptors (Lipinski definition) is 3. The van der Waals surface area contributed by atoms with E-state index < -0.39 is 11.0 Å². The molecule has 3 nitrogen and oxygen atoms in total. The second-order valence-electron chi connectivity index (χ2n) is 4.93. The Kier molecular flexibility index (Phi) is 3.04. The maximum atomic E-state index is 12.0. The molecule has 4 heteroatoms. The topological polar surface area (TPSA) is 46.5 Å². The van der Waals surface area contributed by atoms with Gasteiger partial charge in [-0.05, 0) is 37.5 Å². The number of hydrogen-bond donors (Lipinski definition) is 1. The van der Waals surface area contributed by atoms with Crippen LogP contribution in [0.2, 0.25) is 0 Å². The minimum atomic E-state index is -0.781. The van der Waals surface area contributed by atoms with Crippen molar-refractivity contribution in [2.45, 2.75) is 30.8 Å². The Morgan fingerprint density at radius 3 is 2.59 bits per heavy atom. The zero-order chi connectivity index (χ0) is 12.7. The number of halogens is 1. The van der Waals surface area contributed by atoms with Gasteiger partial charge in [0.15, 0.2) is 0 Å². The molecule has 0 aliphatic heterocycles. The molecule has 0 heterocycles. The van der Waals surface area contributed by atoms with E-state index in [0.29, 0.717) is 12.8 Å². The van der Waals surface area contributed by atoms with Crippen LogP contribution in [0.25, 0.3) is 0 Å². The molecule has 1 aromatic carbocycles. The average Bonchev–Trinajstić information content (AvgIpc) is 2.24. The van der Waals surface area contributed by atoms with Gasteiger partial charge in [-0.1, -0.05) is 28.1 Å². The van der Waals surface area contributed by atoms with Crippen molar-refractivity contribution in [1.29, 1.82) is 0 Å². The molecule has 1 saturated carbocycles. The van der Waals surface area contributed by atoms with Crippen LogP contribution < -0.4 is 0 Å². The highest BCUT2D eigenvalue weighted by Gasteiger charge is 2.57. The zero-order valence-electron chi connectivity index (χ0n) is 9.87. The minimum absolute atomic E-state index is 0.276. The molecule has 0 atom stereocenters. The molecule has 0 spiro atoms. The molecule has 0 unspecified atom stereocenters. The van der Waals surface area contributed by atoms with Gasteiger partial charge in [0.1, 0.15) is 0 Å². The van der Waals surface area contributed by atoms with Gasteiger partial charge in [0.05, 0.1) is 18.1 Å². The minimum Gasteiger partial charge on any atom is -0.468 e. The number of methoxy groups -OCH3 is 1. The van der Waals surface area contributed by atoms with Crippen LogP contribution in [0.5, 0.6) is 0 Å². The summed E-state index contributed by atoms with van der Waals surface area (Å²) >= 11 is 3.39. The van der Waals surface area contributed by atoms with Crippen LogP contribution in [0.4, 0.5) is 0 Å².